The van der Waals surface area contributed by atoms with E-state index in [1.54, 1.807) is 0 Å². The van der Waals surface area contributed by atoms with E-state index in [1.807, 2.05) is 48.6 Å². The molecule has 0 saturated carbocycles. The van der Waals surface area contributed by atoms with Crippen molar-refractivity contribution in [2.24, 2.45) is 0 Å². The van der Waals surface area contributed by atoms with E-state index in [1.165, 1.54) is 11.1 Å². The van der Waals surface area contributed by atoms with E-state index in [4.69, 9.17) is 0 Å². The van der Waals surface area contributed by atoms with E-state index in [0.29, 0.717) is 6.42 Å². The van der Waals surface area contributed by atoms with E-state index in [9.17, 15) is 4.79 Å². The number of hydrogen-bond acceptors (Lipinski definition) is 2. The molecule has 0 aromatic heterocycles. The highest BCUT2D eigenvalue weighted by atomic mass is 16.1. The molecule has 1 unspecified atom stereocenters. The summed E-state index contributed by atoms with van der Waals surface area (Å²) in [6, 6.07) is 26.4. The van der Waals surface area contributed by atoms with Crippen LogP contribution in [0.2, 0.25) is 0 Å². The first kappa shape index (κ1) is 21.3. The molecule has 0 heterocycles. The minimum atomic E-state index is 0.125. The number of ketones is 1. The highest BCUT2D eigenvalue weighted by Crippen LogP contribution is 2.23. The number of rotatable bonds is 9. The lowest BCUT2D eigenvalue weighted by molar-refractivity contribution is 0.0996. The van der Waals surface area contributed by atoms with Crippen LogP contribution in [0.3, 0.4) is 0 Å². The highest BCUT2D eigenvalue weighted by molar-refractivity contribution is 5.97. The van der Waals surface area contributed by atoms with E-state index >= 15 is 0 Å². The van der Waals surface area contributed by atoms with Gasteiger partial charge in [-0.1, -0.05) is 98.5 Å². The zero-order chi connectivity index (χ0) is 21.3. The Labute approximate surface area is 180 Å². The molecule has 30 heavy (non-hydrogen) atoms. The molecule has 2 nitrogen and oxygen atoms in total. The second kappa shape index (κ2) is 10.4. The zero-order valence-electron chi connectivity index (χ0n) is 17.8. The lowest BCUT2D eigenvalue weighted by Gasteiger charge is -2.21. The van der Waals surface area contributed by atoms with Gasteiger partial charge in [-0.3, -0.25) is 4.79 Å². The molecule has 0 amide bonds. The van der Waals surface area contributed by atoms with Gasteiger partial charge in [0.1, 0.15) is 0 Å². The molecule has 0 aliphatic rings. The van der Waals surface area contributed by atoms with Gasteiger partial charge in [-0.05, 0) is 41.7 Å². The van der Waals surface area contributed by atoms with Crippen LogP contribution in [0.1, 0.15) is 58.4 Å². The molecule has 3 aromatic rings. The maximum absolute atomic E-state index is 12.3. The topological polar surface area (TPSA) is 29.1 Å². The van der Waals surface area contributed by atoms with Crippen molar-refractivity contribution in [3.05, 3.63) is 119 Å². The summed E-state index contributed by atoms with van der Waals surface area (Å²) < 4.78 is 0. The molecule has 3 aromatic carbocycles. The van der Waals surface area contributed by atoms with E-state index in [-0.39, 0.29) is 11.8 Å². The number of aryl methyl sites for hydroxylation is 1. The van der Waals surface area contributed by atoms with Crippen LogP contribution in [-0.2, 0) is 0 Å². The smallest absolute Gasteiger partial charge is 0.166 e. The fraction of sp³-hybridized carbons (Fsp3) is 0.179. The van der Waals surface area contributed by atoms with Crippen LogP contribution < -0.4 is 5.32 Å². The number of hydrogen-bond donors (Lipinski definition) is 1. The maximum atomic E-state index is 12.3. The first-order valence-corrected chi connectivity index (χ1v) is 10.4. The predicted octanol–water partition coefficient (Wildman–Crippen LogP) is 6.99. The molecule has 0 fully saturated rings. The number of carbonyl (C=O) groups is 1. The Balaban J connectivity index is 1.69. The summed E-state index contributed by atoms with van der Waals surface area (Å²) in [6.45, 7) is 8.52. The Morgan fingerprint density at radius 3 is 2.30 bits per heavy atom. The zero-order valence-corrected chi connectivity index (χ0v) is 17.8. The Morgan fingerprint density at radius 2 is 1.63 bits per heavy atom. The van der Waals surface area contributed by atoms with Crippen molar-refractivity contribution in [3.63, 3.8) is 0 Å². The maximum Gasteiger partial charge on any atom is 0.166 e. The van der Waals surface area contributed by atoms with Gasteiger partial charge in [0.2, 0.25) is 0 Å². The third-order valence-corrected chi connectivity index (χ3v) is 5.28. The summed E-state index contributed by atoms with van der Waals surface area (Å²) >= 11 is 0. The number of carbonyl (C=O) groups excluding carboxylic acids is 1. The normalized spacial score (nSPS) is 11.9. The van der Waals surface area contributed by atoms with E-state index in [2.05, 4.69) is 68.2 Å². The Bertz CT molecular complexity index is 1020. The molecule has 0 bridgehead atoms. The number of allylic oxidation sites excluding steroid dienone is 1. The van der Waals surface area contributed by atoms with Crippen LogP contribution in [0.4, 0.5) is 0 Å². The highest BCUT2D eigenvalue weighted by Gasteiger charge is 2.11. The number of nitrogens with one attached hydrogen (secondary N) is 1. The predicted molar refractivity (Wildman–Crippen MR) is 127 cm³/mol. The number of benzene rings is 3. The van der Waals surface area contributed by atoms with Crippen LogP contribution in [0.25, 0.3) is 11.8 Å². The fourth-order valence-corrected chi connectivity index (χ4v) is 3.44. The van der Waals surface area contributed by atoms with Crippen LogP contribution in [-0.4, -0.2) is 5.78 Å². The third kappa shape index (κ3) is 5.57. The molecule has 0 saturated heterocycles. The molecule has 2 heteroatoms. The first-order valence-electron chi connectivity index (χ1n) is 10.4. The van der Waals surface area contributed by atoms with Crippen LogP contribution in [0.15, 0.2) is 91.5 Å². The second-order valence-electron chi connectivity index (χ2n) is 7.46. The van der Waals surface area contributed by atoms with Crippen molar-refractivity contribution < 1.29 is 4.79 Å². The second-order valence-corrected chi connectivity index (χ2v) is 7.46. The Kier molecular flexibility index (Phi) is 7.40. The van der Waals surface area contributed by atoms with Crippen LogP contribution in [0, 0.1) is 6.92 Å². The summed E-state index contributed by atoms with van der Waals surface area (Å²) in [5.41, 5.74) is 6.24. The fourth-order valence-electron chi connectivity index (χ4n) is 3.44. The van der Waals surface area contributed by atoms with Crippen molar-refractivity contribution >= 4 is 17.6 Å². The quantitative estimate of drug-likeness (QED) is 0.395. The van der Waals surface area contributed by atoms with Crippen molar-refractivity contribution in [1.29, 1.82) is 0 Å². The third-order valence-electron chi connectivity index (χ3n) is 5.28. The monoisotopic (exact) mass is 395 g/mol. The molecule has 152 valence electrons. The molecule has 0 aliphatic carbocycles. The van der Waals surface area contributed by atoms with Gasteiger partial charge in [0.15, 0.2) is 5.78 Å². The van der Waals surface area contributed by atoms with Crippen molar-refractivity contribution in [1.82, 2.24) is 5.32 Å². The molecular formula is C28H29NO. The lowest BCUT2D eigenvalue weighted by Crippen LogP contribution is -2.18. The summed E-state index contributed by atoms with van der Waals surface area (Å²) in [7, 11) is 0. The van der Waals surface area contributed by atoms with Gasteiger partial charge in [-0.2, -0.15) is 0 Å². The summed E-state index contributed by atoms with van der Waals surface area (Å²) in [5, 5.41) is 3.57. The van der Waals surface area contributed by atoms with Gasteiger partial charge < -0.3 is 5.32 Å². The molecule has 1 N–H and O–H groups in total. The van der Waals surface area contributed by atoms with Gasteiger partial charge in [0.05, 0.1) is 6.04 Å². The molecule has 1 atom stereocenters. The van der Waals surface area contributed by atoms with Gasteiger partial charge in [0.25, 0.3) is 0 Å². The van der Waals surface area contributed by atoms with E-state index < -0.39 is 0 Å². The summed E-state index contributed by atoms with van der Waals surface area (Å²) in [6.07, 6.45) is 5.33. The summed E-state index contributed by atoms with van der Waals surface area (Å²) in [5.74, 6) is 0.125. The SMILES string of the molecule is C=C(NC(CC)c1ccccc1)c1ccc(C)c(/C=C\CC(=O)c2ccccc2)c1. The van der Waals surface area contributed by atoms with Crippen molar-refractivity contribution in [2.75, 3.05) is 0 Å². The largest absolute Gasteiger partial charge is 0.378 e. The standard InChI is InChI=1S/C28H29NO/c1-4-27(23-12-7-5-8-13-23)29-22(3)26-19-18-21(2)25(20-26)16-11-17-28(30)24-14-9-6-10-15-24/h5-16,18-20,27,29H,3-4,17H2,1-2H3/b16-11-. The minimum Gasteiger partial charge on any atom is -0.378 e. The van der Waals surface area contributed by atoms with E-state index in [0.717, 1.165) is 28.8 Å². The molecular weight excluding hydrogens is 366 g/mol. The number of Topliss-reactive ketones (excluding diaryl/α,β-unsaturated/α-hetero) is 1. The first-order chi connectivity index (χ1) is 14.6. The van der Waals surface area contributed by atoms with Crippen LogP contribution >= 0.6 is 0 Å². The average Bonchev–Trinajstić information content (AvgIpc) is 2.79. The van der Waals surface area contributed by atoms with Crippen molar-refractivity contribution in [2.45, 2.75) is 32.7 Å². The molecule has 0 radical (unpaired) electrons. The van der Waals surface area contributed by atoms with Crippen molar-refractivity contribution in [3.8, 4) is 0 Å². The lowest BCUT2D eigenvalue weighted by atomic mass is 10.00. The van der Waals surface area contributed by atoms with Gasteiger partial charge in [0, 0.05) is 17.7 Å². The Morgan fingerprint density at radius 1 is 0.967 bits per heavy atom. The molecule has 0 spiro atoms. The van der Waals surface area contributed by atoms with Gasteiger partial charge >= 0.3 is 0 Å². The average molecular weight is 396 g/mol. The van der Waals surface area contributed by atoms with Crippen LogP contribution in [0.5, 0.6) is 0 Å². The molecule has 0 aliphatic heterocycles. The summed E-state index contributed by atoms with van der Waals surface area (Å²) in [4.78, 5) is 12.3. The minimum absolute atomic E-state index is 0.125. The molecule has 3 rings (SSSR count). The van der Waals surface area contributed by atoms with Gasteiger partial charge in [-0.25, -0.2) is 0 Å². The van der Waals surface area contributed by atoms with Gasteiger partial charge in [-0.15, -0.1) is 0 Å². The Hall–Kier alpha value is -3.39.